The number of nitrogens with zero attached hydrogens (tertiary/aromatic N) is 3. The fraction of sp³-hybridized carbons (Fsp3) is 0.320. The van der Waals surface area contributed by atoms with Crippen LogP contribution >= 0.6 is 0 Å². The highest BCUT2D eigenvalue weighted by atomic mass is 16.6. The van der Waals surface area contributed by atoms with E-state index in [1.807, 2.05) is 66.4 Å². The summed E-state index contributed by atoms with van der Waals surface area (Å²) in [7, 11) is 1.35. The number of nitrogens with two attached hydrogens (primary N) is 1. The van der Waals surface area contributed by atoms with E-state index in [-0.39, 0.29) is 30.6 Å². The van der Waals surface area contributed by atoms with Gasteiger partial charge in [0.15, 0.2) is 17.3 Å². The van der Waals surface area contributed by atoms with Crippen LogP contribution in [-0.4, -0.2) is 52.2 Å². The number of rotatable bonds is 8. The Labute approximate surface area is 196 Å². The van der Waals surface area contributed by atoms with E-state index in [1.54, 1.807) is 0 Å². The zero-order chi connectivity index (χ0) is 24.2. The number of ether oxygens (including phenoxy) is 2. The molecule has 1 unspecified atom stereocenters. The number of anilines is 1. The number of nitrogen functional groups attached to an aromatic ring is 1. The number of benzene rings is 2. The smallest absolute Gasteiger partial charge is 0.332 e. The Morgan fingerprint density at radius 2 is 1.76 bits per heavy atom. The molecule has 2 aromatic carbocycles. The number of para-hydroxylation sites is 2. The van der Waals surface area contributed by atoms with Crippen LogP contribution < -0.4 is 26.5 Å². The van der Waals surface area contributed by atoms with Gasteiger partial charge in [-0.25, -0.2) is 4.79 Å². The maximum Gasteiger partial charge on any atom is 0.332 e. The lowest BCUT2D eigenvalue weighted by Crippen LogP contribution is -2.46. The Morgan fingerprint density at radius 3 is 2.47 bits per heavy atom. The number of fused-ring (bicyclic) bond motifs is 1. The van der Waals surface area contributed by atoms with Gasteiger partial charge in [-0.2, -0.15) is 0 Å². The van der Waals surface area contributed by atoms with Crippen LogP contribution in [0, 0.1) is 0 Å². The second kappa shape index (κ2) is 9.96. The van der Waals surface area contributed by atoms with Crippen molar-refractivity contribution in [1.82, 2.24) is 14.0 Å². The number of ketones is 1. The van der Waals surface area contributed by atoms with Crippen molar-refractivity contribution >= 4 is 11.6 Å². The van der Waals surface area contributed by atoms with Crippen molar-refractivity contribution < 1.29 is 14.3 Å². The number of hydrogen-bond acceptors (Lipinski definition) is 7. The lowest BCUT2D eigenvalue weighted by atomic mass is 10.1. The summed E-state index contributed by atoms with van der Waals surface area (Å²) < 4.78 is 14.0. The predicted octanol–water partition coefficient (Wildman–Crippen LogP) is 1.52. The number of likely N-dealkylation sites (N-methyl/N-ethyl adjacent to an activating group) is 1. The fourth-order valence-electron chi connectivity index (χ4n) is 3.99. The van der Waals surface area contributed by atoms with Gasteiger partial charge in [-0.1, -0.05) is 49.4 Å². The second-order valence-electron chi connectivity index (χ2n) is 8.23. The van der Waals surface area contributed by atoms with Crippen LogP contribution in [0.2, 0.25) is 0 Å². The maximum absolute atomic E-state index is 13.2. The largest absolute Gasteiger partial charge is 0.486 e. The van der Waals surface area contributed by atoms with Crippen LogP contribution in [0.25, 0.3) is 0 Å². The lowest BCUT2D eigenvalue weighted by molar-refractivity contribution is 0.0572. The van der Waals surface area contributed by atoms with Gasteiger partial charge in [-0.05, 0) is 24.2 Å². The summed E-state index contributed by atoms with van der Waals surface area (Å²) in [5.74, 6) is 0.783. The first-order chi connectivity index (χ1) is 16.4. The minimum atomic E-state index is -0.695. The zero-order valence-corrected chi connectivity index (χ0v) is 19.3. The van der Waals surface area contributed by atoms with E-state index < -0.39 is 17.0 Å². The zero-order valence-electron chi connectivity index (χ0n) is 19.3. The van der Waals surface area contributed by atoms with E-state index in [2.05, 4.69) is 0 Å². The summed E-state index contributed by atoms with van der Waals surface area (Å²) in [6.07, 6.45) is -0.269. The van der Waals surface area contributed by atoms with E-state index in [4.69, 9.17) is 15.2 Å². The molecule has 9 nitrogen and oxygen atoms in total. The highest BCUT2D eigenvalue weighted by Gasteiger charge is 2.26. The molecule has 4 rings (SSSR count). The lowest BCUT2D eigenvalue weighted by Gasteiger charge is -2.30. The Hall–Kier alpha value is -3.85. The summed E-state index contributed by atoms with van der Waals surface area (Å²) in [5, 5.41) is 0. The van der Waals surface area contributed by atoms with Crippen LogP contribution in [-0.2, 0) is 13.6 Å². The number of aromatic nitrogens is 2. The van der Waals surface area contributed by atoms with E-state index in [0.717, 1.165) is 10.1 Å². The molecule has 0 saturated carbocycles. The van der Waals surface area contributed by atoms with Crippen molar-refractivity contribution in [2.75, 3.05) is 32.0 Å². The van der Waals surface area contributed by atoms with E-state index in [9.17, 15) is 14.4 Å². The molecule has 0 radical (unpaired) electrons. The van der Waals surface area contributed by atoms with Gasteiger partial charge in [0.25, 0.3) is 5.56 Å². The molecule has 0 amide bonds. The Bertz CT molecular complexity index is 1300. The standard InChI is InChI=1S/C25H28N4O5/c1-3-28(14-18-16-33-20-11-7-8-12-21(20)34-18)15-19(30)22-23(26)29(25(32)27(2)24(22)31)13-17-9-5-4-6-10-17/h4-12,18H,3,13-16,26H2,1-2H3. The quantitative estimate of drug-likeness (QED) is 0.504. The molecule has 1 aliphatic rings. The molecule has 9 heteroatoms. The van der Waals surface area contributed by atoms with Crippen molar-refractivity contribution in [3.63, 3.8) is 0 Å². The minimum absolute atomic E-state index is 0.0407. The molecule has 2 N–H and O–H groups in total. The number of carbonyl (C=O) groups is 1. The first-order valence-corrected chi connectivity index (χ1v) is 11.2. The fourth-order valence-corrected chi connectivity index (χ4v) is 3.99. The summed E-state index contributed by atoms with van der Waals surface area (Å²) >= 11 is 0. The topological polar surface area (TPSA) is 109 Å². The second-order valence-corrected chi connectivity index (χ2v) is 8.23. The molecule has 0 spiro atoms. The normalized spacial score (nSPS) is 14.9. The van der Waals surface area contributed by atoms with Gasteiger partial charge in [-0.15, -0.1) is 0 Å². The molecule has 2 heterocycles. The van der Waals surface area contributed by atoms with Gasteiger partial charge in [0.2, 0.25) is 0 Å². The van der Waals surface area contributed by atoms with Gasteiger partial charge in [-0.3, -0.25) is 23.6 Å². The van der Waals surface area contributed by atoms with Crippen molar-refractivity contribution in [2.45, 2.75) is 19.6 Å². The van der Waals surface area contributed by atoms with Crippen molar-refractivity contribution in [3.05, 3.63) is 86.6 Å². The van der Waals surface area contributed by atoms with Crippen LogP contribution in [0.5, 0.6) is 11.5 Å². The maximum atomic E-state index is 13.2. The summed E-state index contributed by atoms with van der Waals surface area (Å²) in [4.78, 5) is 40.7. The molecule has 1 atom stereocenters. The first kappa shape index (κ1) is 23.3. The highest BCUT2D eigenvalue weighted by Crippen LogP contribution is 2.31. The highest BCUT2D eigenvalue weighted by molar-refractivity contribution is 6.01. The molecule has 1 aliphatic heterocycles. The monoisotopic (exact) mass is 464 g/mol. The van der Waals surface area contributed by atoms with Crippen LogP contribution in [0.4, 0.5) is 5.82 Å². The molecule has 0 saturated heterocycles. The summed E-state index contributed by atoms with van der Waals surface area (Å²) in [6.45, 7) is 3.37. The van der Waals surface area contributed by atoms with E-state index >= 15 is 0 Å². The molecular formula is C25H28N4O5. The van der Waals surface area contributed by atoms with Gasteiger partial charge in [0, 0.05) is 13.6 Å². The van der Waals surface area contributed by atoms with E-state index in [1.165, 1.54) is 11.6 Å². The molecule has 34 heavy (non-hydrogen) atoms. The third-order valence-electron chi connectivity index (χ3n) is 5.89. The first-order valence-electron chi connectivity index (χ1n) is 11.2. The summed E-state index contributed by atoms with van der Waals surface area (Å²) in [6, 6.07) is 16.7. The average molecular weight is 465 g/mol. The molecule has 0 bridgehead atoms. The number of hydrogen-bond donors (Lipinski definition) is 1. The van der Waals surface area contributed by atoms with E-state index in [0.29, 0.717) is 31.2 Å². The molecule has 178 valence electrons. The number of Topliss-reactive ketones (excluding diaryl/α,β-unsaturated/α-hetero) is 1. The van der Waals surface area contributed by atoms with Gasteiger partial charge in [0.1, 0.15) is 24.1 Å². The summed E-state index contributed by atoms with van der Waals surface area (Å²) in [5.41, 5.74) is 5.61. The van der Waals surface area contributed by atoms with Crippen LogP contribution in [0.15, 0.2) is 64.2 Å². The minimum Gasteiger partial charge on any atom is -0.486 e. The predicted molar refractivity (Wildman–Crippen MR) is 129 cm³/mol. The van der Waals surface area contributed by atoms with Crippen LogP contribution in [0.1, 0.15) is 22.8 Å². The Balaban J connectivity index is 1.55. The van der Waals surface area contributed by atoms with Gasteiger partial charge >= 0.3 is 5.69 Å². The average Bonchev–Trinajstić information content (AvgIpc) is 2.85. The van der Waals surface area contributed by atoms with Gasteiger partial charge < -0.3 is 15.2 Å². The molecule has 1 aromatic heterocycles. The van der Waals surface area contributed by atoms with Crippen LogP contribution in [0.3, 0.4) is 0 Å². The third kappa shape index (κ3) is 4.74. The molecule has 0 aliphatic carbocycles. The molecule has 0 fully saturated rings. The van der Waals surface area contributed by atoms with Crippen molar-refractivity contribution in [1.29, 1.82) is 0 Å². The number of carbonyl (C=O) groups excluding carboxylic acids is 1. The van der Waals surface area contributed by atoms with Crippen molar-refractivity contribution in [2.24, 2.45) is 7.05 Å². The van der Waals surface area contributed by atoms with Crippen molar-refractivity contribution in [3.8, 4) is 11.5 Å². The SMILES string of the molecule is CCN(CC(=O)c1c(N)n(Cc2ccccc2)c(=O)n(C)c1=O)CC1COc2ccccc2O1. The van der Waals surface area contributed by atoms with Gasteiger partial charge in [0.05, 0.1) is 13.1 Å². The third-order valence-corrected chi connectivity index (χ3v) is 5.89. The Kier molecular flexibility index (Phi) is 6.83. The molecular weight excluding hydrogens is 436 g/mol. The molecule has 3 aromatic rings. The Morgan fingerprint density at radius 1 is 1.09 bits per heavy atom.